The largest absolute Gasteiger partial charge is 0.493 e. The second-order valence-electron chi connectivity index (χ2n) is 3.45. The maximum Gasteiger partial charge on any atom is 0.222 e. The Morgan fingerprint density at radius 1 is 1.50 bits per heavy atom. The normalized spacial score (nSPS) is 18.7. The molecule has 0 amide bonds. The SMILES string of the molecule is Oc1csc(CC2CCCC2)n1. The molecule has 1 aliphatic carbocycles. The molecule has 1 aromatic rings. The van der Waals surface area contributed by atoms with Crippen LogP contribution in [-0.4, -0.2) is 10.1 Å². The van der Waals surface area contributed by atoms with Gasteiger partial charge in [-0.15, -0.1) is 11.3 Å². The zero-order chi connectivity index (χ0) is 8.39. The van der Waals surface area contributed by atoms with Crippen LogP contribution in [0.15, 0.2) is 5.38 Å². The Bertz CT molecular complexity index is 253. The number of nitrogens with zero attached hydrogens (tertiary/aromatic N) is 1. The van der Waals surface area contributed by atoms with Gasteiger partial charge in [0.25, 0.3) is 0 Å². The van der Waals surface area contributed by atoms with Crippen molar-refractivity contribution in [2.75, 3.05) is 0 Å². The zero-order valence-electron chi connectivity index (χ0n) is 6.99. The van der Waals surface area contributed by atoms with Crippen LogP contribution in [0.25, 0.3) is 0 Å². The summed E-state index contributed by atoms with van der Waals surface area (Å²) in [5, 5.41) is 11.8. The molecule has 0 unspecified atom stereocenters. The van der Waals surface area contributed by atoms with Gasteiger partial charge >= 0.3 is 0 Å². The Kier molecular flexibility index (Phi) is 2.30. The summed E-state index contributed by atoms with van der Waals surface area (Å²) >= 11 is 1.58. The lowest BCUT2D eigenvalue weighted by molar-refractivity contribution is 0.453. The first-order chi connectivity index (χ1) is 5.84. The van der Waals surface area contributed by atoms with Crippen LogP contribution < -0.4 is 0 Å². The van der Waals surface area contributed by atoms with E-state index in [1.54, 1.807) is 16.7 Å². The number of hydrogen-bond acceptors (Lipinski definition) is 3. The van der Waals surface area contributed by atoms with Crippen molar-refractivity contribution in [2.45, 2.75) is 32.1 Å². The molecule has 2 rings (SSSR count). The summed E-state index contributed by atoms with van der Waals surface area (Å²) in [5.41, 5.74) is 0. The highest BCUT2D eigenvalue weighted by Gasteiger charge is 2.16. The monoisotopic (exact) mass is 183 g/mol. The third-order valence-corrected chi connectivity index (χ3v) is 3.34. The Labute approximate surface area is 76.3 Å². The van der Waals surface area contributed by atoms with E-state index in [2.05, 4.69) is 4.98 Å². The molecular weight excluding hydrogens is 170 g/mol. The van der Waals surface area contributed by atoms with Gasteiger partial charge in [-0.05, 0) is 5.92 Å². The number of aromatic nitrogens is 1. The first kappa shape index (κ1) is 8.05. The summed E-state index contributed by atoms with van der Waals surface area (Å²) in [5.74, 6) is 1.02. The van der Waals surface area contributed by atoms with Crippen LogP contribution in [0.4, 0.5) is 0 Å². The lowest BCUT2D eigenvalue weighted by Crippen LogP contribution is -1.97. The molecule has 66 valence electrons. The van der Waals surface area contributed by atoms with Gasteiger partial charge in [-0.2, -0.15) is 0 Å². The zero-order valence-corrected chi connectivity index (χ0v) is 7.81. The van der Waals surface area contributed by atoms with Crippen molar-refractivity contribution < 1.29 is 5.11 Å². The number of hydrogen-bond donors (Lipinski definition) is 1. The minimum absolute atomic E-state index is 0.188. The van der Waals surface area contributed by atoms with Crippen LogP contribution >= 0.6 is 11.3 Å². The van der Waals surface area contributed by atoms with Crippen molar-refractivity contribution in [3.05, 3.63) is 10.4 Å². The topological polar surface area (TPSA) is 33.1 Å². The molecule has 0 radical (unpaired) electrons. The van der Waals surface area contributed by atoms with Crippen LogP contribution in [0.2, 0.25) is 0 Å². The minimum atomic E-state index is 0.188. The summed E-state index contributed by atoms with van der Waals surface area (Å²) in [6, 6.07) is 0. The van der Waals surface area contributed by atoms with Gasteiger partial charge in [-0.1, -0.05) is 25.7 Å². The van der Waals surface area contributed by atoms with E-state index < -0.39 is 0 Å². The molecule has 0 aliphatic heterocycles. The van der Waals surface area contributed by atoms with Crippen molar-refractivity contribution >= 4 is 11.3 Å². The van der Waals surface area contributed by atoms with E-state index in [-0.39, 0.29) is 5.88 Å². The van der Waals surface area contributed by atoms with Gasteiger partial charge in [0.2, 0.25) is 5.88 Å². The molecule has 0 bridgehead atoms. The van der Waals surface area contributed by atoms with Crippen molar-refractivity contribution in [1.82, 2.24) is 4.98 Å². The lowest BCUT2D eigenvalue weighted by atomic mass is 10.1. The molecule has 0 spiro atoms. The molecule has 12 heavy (non-hydrogen) atoms. The number of aromatic hydroxyl groups is 1. The lowest BCUT2D eigenvalue weighted by Gasteiger charge is -2.03. The second-order valence-corrected chi connectivity index (χ2v) is 4.40. The smallest absolute Gasteiger partial charge is 0.222 e. The average molecular weight is 183 g/mol. The predicted molar refractivity (Wildman–Crippen MR) is 49.4 cm³/mol. The van der Waals surface area contributed by atoms with Crippen LogP contribution in [0.1, 0.15) is 30.7 Å². The van der Waals surface area contributed by atoms with E-state index in [1.165, 1.54) is 25.7 Å². The third-order valence-electron chi connectivity index (χ3n) is 2.48. The second kappa shape index (κ2) is 3.44. The van der Waals surface area contributed by atoms with Gasteiger partial charge < -0.3 is 5.11 Å². The highest BCUT2D eigenvalue weighted by atomic mass is 32.1. The molecular formula is C9H13NOS. The molecule has 3 heteroatoms. The highest BCUT2D eigenvalue weighted by molar-refractivity contribution is 7.09. The van der Waals surface area contributed by atoms with Crippen LogP contribution in [-0.2, 0) is 6.42 Å². The minimum Gasteiger partial charge on any atom is -0.493 e. The van der Waals surface area contributed by atoms with Crippen molar-refractivity contribution in [3.8, 4) is 5.88 Å². The average Bonchev–Trinajstić information content (AvgIpc) is 2.63. The summed E-state index contributed by atoms with van der Waals surface area (Å²) in [6.07, 6.45) is 6.52. The van der Waals surface area contributed by atoms with Gasteiger partial charge in [0.1, 0.15) is 0 Å². The predicted octanol–water partition coefficient (Wildman–Crippen LogP) is 2.58. The summed E-state index contributed by atoms with van der Waals surface area (Å²) in [6.45, 7) is 0. The Balaban J connectivity index is 1.94. The van der Waals surface area contributed by atoms with Gasteiger partial charge in [0.15, 0.2) is 0 Å². The molecule has 0 aromatic carbocycles. The Morgan fingerprint density at radius 2 is 2.25 bits per heavy atom. The van der Waals surface area contributed by atoms with Crippen LogP contribution in [0.5, 0.6) is 5.88 Å². The fourth-order valence-electron chi connectivity index (χ4n) is 1.86. The summed E-state index contributed by atoms with van der Waals surface area (Å²) < 4.78 is 0. The van der Waals surface area contributed by atoms with E-state index in [4.69, 9.17) is 5.11 Å². The standard InChI is InChI=1S/C9H13NOS/c11-8-6-12-9(10-8)5-7-3-1-2-4-7/h6-7,11H,1-5H2. The molecule has 1 fully saturated rings. The van der Waals surface area contributed by atoms with Gasteiger partial charge in [-0.3, -0.25) is 0 Å². The first-order valence-corrected chi connectivity index (χ1v) is 5.36. The molecule has 0 atom stereocenters. The Morgan fingerprint density at radius 3 is 2.83 bits per heavy atom. The molecule has 1 heterocycles. The number of thiazole rings is 1. The molecule has 1 aliphatic rings. The number of rotatable bonds is 2. The van der Waals surface area contributed by atoms with Crippen LogP contribution in [0, 0.1) is 5.92 Å². The fourth-order valence-corrected chi connectivity index (χ4v) is 2.63. The van der Waals surface area contributed by atoms with E-state index >= 15 is 0 Å². The molecule has 1 aromatic heterocycles. The maximum absolute atomic E-state index is 9.03. The molecule has 2 nitrogen and oxygen atoms in total. The fraction of sp³-hybridized carbons (Fsp3) is 0.667. The third kappa shape index (κ3) is 1.78. The molecule has 1 saturated carbocycles. The van der Waals surface area contributed by atoms with Crippen molar-refractivity contribution in [3.63, 3.8) is 0 Å². The molecule has 1 N–H and O–H groups in total. The van der Waals surface area contributed by atoms with Crippen LogP contribution in [0.3, 0.4) is 0 Å². The van der Waals surface area contributed by atoms with Crippen molar-refractivity contribution in [1.29, 1.82) is 0 Å². The van der Waals surface area contributed by atoms with E-state index in [0.717, 1.165) is 17.3 Å². The van der Waals surface area contributed by atoms with Gasteiger partial charge in [-0.25, -0.2) is 4.98 Å². The van der Waals surface area contributed by atoms with E-state index in [0.29, 0.717) is 0 Å². The summed E-state index contributed by atoms with van der Waals surface area (Å²) in [4.78, 5) is 4.05. The highest BCUT2D eigenvalue weighted by Crippen LogP contribution is 2.29. The van der Waals surface area contributed by atoms with Crippen molar-refractivity contribution in [2.24, 2.45) is 5.92 Å². The van der Waals surface area contributed by atoms with Gasteiger partial charge in [0, 0.05) is 6.42 Å². The molecule has 0 saturated heterocycles. The Hall–Kier alpha value is -0.570. The van der Waals surface area contributed by atoms with E-state index in [9.17, 15) is 0 Å². The maximum atomic E-state index is 9.03. The quantitative estimate of drug-likeness (QED) is 0.764. The summed E-state index contributed by atoms with van der Waals surface area (Å²) in [7, 11) is 0. The van der Waals surface area contributed by atoms with E-state index in [1.807, 2.05) is 0 Å². The first-order valence-electron chi connectivity index (χ1n) is 4.48. The van der Waals surface area contributed by atoms with Gasteiger partial charge in [0.05, 0.1) is 10.4 Å².